The van der Waals surface area contributed by atoms with Gasteiger partial charge >= 0.3 is 0 Å². The van der Waals surface area contributed by atoms with Crippen LogP contribution in [0.2, 0.25) is 0 Å². The van der Waals surface area contributed by atoms with Gasteiger partial charge in [-0.25, -0.2) is 0 Å². The van der Waals surface area contributed by atoms with E-state index in [2.05, 4.69) is 35.0 Å². The second kappa shape index (κ2) is 5.19. The molecular weight excluding hydrogens is 266 g/mol. The topological polar surface area (TPSA) is 35.2 Å². The molecule has 0 radical (unpaired) electrons. The zero-order valence-electron chi connectivity index (χ0n) is 9.63. The SMILES string of the molecule is CC(CN)CCc1cc(Br)cc2c1OCC2. The summed E-state index contributed by atoms with van der Waals surface area (Å²) < 4.78 is 6.86. The van der Waals surface area contributed by atoms with E-state index in [1.165, 1.54) is 11.1 Å². The number of aryl methyl sites for hydroxylation is 1. The third-order valence-electron chi connectivity index (χ3n) is 3.13. The van der Waals surface area contributed by atoms with Gasteiger partial charge in [0.25, 0.3) is 0 Å². The summed E-state index contributed by atoms with van der Waals surface area (Å²) in [6.07, 6.45) is 3.22. The highest BCUT2D eigenvalue weighted by atomic mass is 79.9. The third kappa shape index (κ3) is 2.58. The molecule has 1 unspecified atom stereocenters. The lowest BCUT2D eigenvalue weighted by Gasteiger charge is -2.11. The van der Waals surface area contributed by atoms with E-state index in [1.54, 1.807) is 0 Å². The van der Waals surface area contributed by atoms with Crippen LogP contribution in [0.5, 0.6) is 5.75 Å². The molecule has 1 aliphatic rings. The Bertz CT molecular complexity index is 378. The number of halogens is 1. The first-order chi connectivity index (χ1) is 7.70. The Kier molecular flexibility index (Phi) is 3.87. The fourth-order valence-corrected chi connectivity index (χ4v) is 2.60. The van der Waals surface area contributed by atoms with Gasteiger partial charge in [0.2, 0.25) is 0 Å². The number of hydrogen-bond acceptors (Lipinski definition) is 2. The molecule has 1 atom stereocenters. The Hall–Kier alpha value is -0.540. The first-order valence-electron chi connectivity index (χ1n) is 5.85. The van der Waals surface area contributed by atoms with Crippen LogP contribution in [-0.2, 0) is 12.8 Å². The minimum Gasteiger partial charge on any atom is -0.493 e. The van der Waals surface area contributed by atoms with Crippen molar-refractivity contribution >= 4 is 15.9 Å². The summed E-state index contributed by atoms with van der Waals surface area (Å²) in [5.74, 6) is 1.70. The fourth-order valence-electron chi connectivity index (χ4n) is 2.05. The van der Waals surface area contributed by atoms with Crippen molar-refractivity contribution in [2.24, 2.45) is 11.7 Å². The minimum absolute atomic E-state index is 0.580. The van der Waals surface area contributed by atoms with Gasteiger partial charge in [0.05, 0.1) is 6.61 Å². The molecule has 0 amide bonds. The van der Waals surface area contributed by atoms with E-state index in [-0.39, 0.29) is 0 Å². The second-order valence-corrected chi connectivity index (χ2v) is 5.45. The van der Waals surface area contributed by atoms with E-state index >= 15 is 0 Å². The van der Waals surface area contributed by atoms with Crippen LogP contribution < -0.4 is 10.5 Å². The molecular formula is C13H18BrNO. The van der Waals surface area contributed by atoms with E-state index in [0.29, 0.717) is 5.92 Å². The van der Waals surface area contributed by atoms with Gasteiger partial charge in [0, 0.05) is 10.9 Å². The molecule has 2 nitrogen and oxygen atoms in total. The highest BCUT2D eigenvalue weighted by Gasteiger charge is 2.17. The number of rotatable bonds is 4. The van der Waals surface area contributed by atoms with Gasteiger partial charge < -0.3 is 10.5 Å². The molecule has 0 aromatic heterocycles. The quantitative estimate of drug-likeness (QED) is 0.922. The van der Waals surface area contributed by atoms with Crippen LogP contribution in [0.4, 0.5) is 0 Å². The molecule has 1 aromatic rings. The summed E-state index contributed by atoms with van der Waals surface area (Å²) in [7, 11) is 0. The van der Waals surface area contributed by atoms with Crippen LogP contribution in [0.3, 0.4) is 0 Å². The first-order valence-corrected chi connectivity index (χ1v) is 6.64. The first kappa shape index (κ1) is 11.9. The van der Waals surface area contributed by atoms with Crippen molar-refractivity contribution in [3.63, 3.8) is 0 Å². The summed E-state index contributed by atoms with van der Waals surface area (Å²) in [6, 6.07) is 4.34. The number of benzene rings is 1. The Morgan fingerprint density at radius 3 is 3.06 bits per heavy atom. The highest BCUT2D eigenvalue weighted by Crippen LogP contribution is 2.34. The Labute approximate surface area is 105 Å². The maximum absolute atomic E-state index is 5.70. The lowest BCUT2D eigenvalue weighted by molar-refractivity contribution is 0.352. The van der Waals surface area contributed by atoms with Gasteiger partial charge in [0.15, 0.2) is 0 Å². The monoisotopic (exact) mass is 283 g/mol. The van der Waals surface area contributed by atoms with Crippen LogP contribution in [0.25, 0.3) is 0 Å². The zero-order chi connectivity index (χ0) is 11.5. The molecule has 0 bridgehead atoms. The molecule has 0 fully saturated rings. The number of hydrogen-bond donors (Lipinski definition) is 1. The normalized spacial score (nSPS) is 15.7. The number of fused-ring (bicyclic) bond motifs is 1. The summed E-state index contributed by atoms with van der Waals surface area (Å²) in [5, 5.41) is 0. The van der Waals surface area contributed by atoms with Crippen molar-refractivity contribution in [1.29, 1.82) is 0 Å². The number of ether oxygens (including phenoxy) is 1. The Balaban J connectivity index is 2.14. The average Bonchev–Trinajstić information content (AvgIpc) is 2.73. The van der Waals surface area contributed by atoms with Crippen LogP contribution in [0, 0.1) is 5.92 Å². The lowest BCUT2D eigenvalue weighted by atomic mass is 9.99. The molecule has 88 valence electrons. The molecule has 0 saturated heterocycles. The largest absolute Gasteiger partial charge is 0.493 e. The van der Waals surface area contributed by atoms with E-state index < -0.39 is 0 Å². The van der Waals surface area contributed by atoms with Crippen LogP contribution >= 0.6 is 15.9 Å². The van der Waals surface area contributed by atoms with Gasteiger partial charge in [0.1, 0.15) is 5.75 Å². The minimum atomic E-state index is 0.580. The molecule has 0 saturated carbocycles. The molecule has 0 spiro atoms. The third-order valence-corrected chi connectivity index (χ3v) is 3.59. The molecule has 16 heavy (non-hydrogen) atoms. The molecule has 1 heterocycles. The van der Waals surface area contributed by atoms with Gasteiger partial charge in [-0.2, -0.15) is 0 Å². The van der Waals surface area contributed by atoms with E-state index in [0.717, 1.165) is 42.6 Å². The Morgan fingerprint density at radius 1 is 1.50 bits per heavy atom. The van der Waals surface area contributed by atoms with Crippen molar-refractivity contribution in [3.05, 3.63) is 27.7 Å². The van der Waals surface area contributed by atoms with Crippen LogP contribution in [0.1, 0.15) is 24.5 Å². The molecule has 2 rings (SSSR count). The fraction of sp³-hybridized carbons (Fsp3) is 0.538. The summed E-state index contributed by atoms with van der Waals surface area (Å²) in [4.78, 5) is 0. The van der Waals surface area contributed by atoms with Gasteiger partial charge in [-0.1, -0.05) is 22.9 Å². The molecule has 1 aliphatic heterocycles. The average molecular weight is 284 g/mol. The van der Waals surface area contributed by atoms with Gasteiger partial charge in [-0.15, -0.1) is 0 Å². The van der Waals surface area contributed by atoms with Gasteiger partial charge in [-0.05, 0) is 48.6 Å². The lowest BCUT2D eigenvalue weighted by Crippen LogP contribution is -2.11. The van der Waals surface area contributed by atoms with Crippen LogP contribution in [-0.4, -0.2) is 13.2 Å². The zero-order valence-corrected chi connectivity index (χ0v) is 11.2. The van der Waals surface area contributed by atoms with E-state index in [1.807, 2.05) is 0 Å². The van der Waals surface area contributed by atoms with Gasteiger partial charge in [-0.3, -0.25) is 0 Å². The maximum Gasteiger partial charge on any atom is 0.125 e. The summed E-state index contributed by atoms with van der Waals surface area (Å²) in [5.41, 5.74) is 8.30. The Morgan fingerprint density at radius 2 is 2.31 bits per heavy atom. The van der Waals surface area contributed by atoms with E-state index in [4.69, 9.17) is 10.5 Å². The van der Waals surface area contributed by atoms with Crippen molar-refractivity contribution in [2.75, 3.05) is 13.2 Å². The standard InChI is InChI=1S/C13H18BrNO/c1-9(8-15)2-3-10-6-12(14)7-11-4-5-16-13(10)11/h6-7,9H,2-5,8,15H2,1H3. The molecule has 2 N–H and O–H groups in total. The van der Waals surface area contributed by atoms with Crippen LogP contribution in [0.15, 0.2) is 16.6 Å². The van der Waals surface area contributed by atoms with Crippen molar-refractivity contribution < 1.29 is 4.74 Å². The summed E-state index contributed by atoms with van der Waals surface area (Å²) in [6.45, 7) is 3.78. The smallest absolute Gasteiger partial charge is 0.125 e. The highest BCUT2D eigenvalue weighted by molar-refractivity contribution is 9.10. The molecule has 1 aromatic carbocycles. The number of nitrogens with two attached hydrogens (primary N) is 1. The molecule has 3 heteroatoms. The predicted molar refractivity (Wildman–Crippen MR) is 69.9 cm³/mol. The van der Waals surface area contributed by atoms with Crippen molar-refractivity contribution in [2.45, 2.75) is 26.2 Å². The molecule has 0 aliphatic carbocycles. The predicted octanol–water partition coefficient (Wildman–Crippen LogP) is 2.91. The maximum atomic E-state index is 5.70. The summed E-state index contributed by atoms with van der Waals surface area (Å²) >= 11 is 3.56. The van der Waals surface area contributed by atoms with Crippen molar-refractivity contribution in [3.8, 4) is 5.75 Å². The second-order valence-electron chi connectivity index (χ2n) is 4.53. The van der Waals surface area contributed by atoms with E-state index in [9.17, 15) is 0 Å². The van der Waals surface area contributed by atoms with Crippen molar-refractivity contribution in [1.82, 2.24) is 0 Å².